The van der Waals surface area contributed by atoms with Gasteiger partial charge in [-0.2, -0.15) is 0 Å². The normalized spacial score (nSPS) is 16.3. The summed E-state index contributed by atoms with van der Waals surface area (Å²) in [7, 11) is 0. The van der Waals surface area contributed by atoms with E-state index in [4.69, 9.17) is 4.74 Å². The maximum Gasteiger partial charge on any atom is 0.313 e. The molecular formula is C21H23N3O4. The molecule has 28 heavy (non-hydrogen) atoms. The second-order valence-electron chi connectivity index (χ2n) is 6.56. The van der Waals surface area contributed by atoms with Gasteiger partial charge in [0.2, 0.25) is 5.91 Å². The summed E-state index contributed by atoms with van der Waals surface area (Å²) in [6.07, 6.45) is -0.195. The van der Waals surface area contributed by atoms with E-state index in [1.54, 1.807) is 17.0 Å². The standard InChI is InChI=1S/C21H23N3O4/c1-15-7-5-6-10-17(15)23-21(27)20(26)22-13-19(25)24-11-12-28-18(14-24)16-8-3-2-4-9-16/h2-10,18H,11-14H2,1H3,(H,22,26)(H,23,27). The molecule has 0 saturated carbocycles. The molecule has 1 aliphatic rings. The molecule has 1 atom stereocenters. The lowest BCUT2D eigenvalue weighted by Gasteiger charge is -2.33. The molecule has 2 aromatic rings. The number of hydrogen-bond donors (Lipinski definition) is 2. The number of carbonyl (C=O) groups excluding carboxylic acids is 3. The van der Waals surface area contributed by atoms with Gasteiger partial charge in [0.15, 0.2) is 0 Å². The average Bonchev–Trinajstić information content (AvgIpc) is 2.74. The quantitative estimate of drug-likeness (QED) is 0.789. The van der Waals surface area contributed by atoms with Crippen LogP contribution in [-0.4, -0.2) is 48.9 Å². The van der Waals surface area contributed by atoms with Gasteiger partial charge in [-0.05, 0) is 24.1 Å². The zero-order valence-corrected chi connectivity index (χ0v) is 15.7. The number of hydrogen-bond acceptors (Lipinski definition) is 4. The fourth-order valence-corrected chi connectivity index (χ4v) is 2.99. The Morgan fingerprint density at radius 3 is 2.50 bits per heavy atom. The van der Waals surface area contributed by atoms with Gasteiger partial charge in [0, 0.05) is 12.2 Å². The molecule has 1 saturated heterocycles. The second-order valence-corrected chi connectivity index (χ2v) is 6.56. The number of amides is 3. The van der Waals surface area contributed by atoms with Crippen LogP contribution in [0.5, 0.6) is 0 Å². The molecular weight excluding hydrogens is 358 g/mol. The van der Waals surface area contributed by atoms with Crippen LogP contribution in [0.1, 0.15) is 17.2 Å². The van der Waals surface area contributed by atoms with Crippen molar-refractivity contribution in [3.05, 3.63) is 65.7 Å². The maximum atomic E-state index is 12.4. The monoisotopic (exact) mass is 381 g/mol. The highest BCUT2D eigenvalue weighted by Crippen LogP contribution is 2.21. The third kappa shape index (κ3) is 4.95. The van der Waals surface area contributed by atoms with Crippen LogP contribution in [-0.2, 0) is 19.1 Å². The fourth-order valence-electron chi connectivity index (χ4n) is 2.99. The molecule has 1 fully saturated rings. The summed E-state index contributed by atoms with van der Waals surface area (Å²) >= 11 is 0. The van der Waals surface area contributed by atoms with E-state index in [9.17, 15) is 14.4 Å². The van der Waals surface area contributed by atoms with Crippen molar-refractivity contribution in [3.63, 3.8) is 0 Å². The zero-order chi connectivity index (χ0) is 19.9. The highest BCUT2D eigenvalue weighted by molar-refractivity contribution is 6.40. The summed E-state index contributed by atoms with van der Waals surface area (Å²) in [5.41, 5.74) is 2.41. The summed E-state index contributed by atoms with van der Waals surface area (Å²) < 4.78 is 5.74. The van der Waals surface area contributed by atoms with Crippen LogP contribution in [0, 0.1) is 6.92 Å². The van der Waals surface area contributed by atoms with Crippen molar-refractivity contribution in [2.75, 3.05) is 31.6 Å². The SMILES string of the molecule is Cc1ccccc1NC(=O)C(=O)NCC(=O)N1CCOC(c2ccccc2)C1. The summed E-state index contributed by atoms with van der Waals surface area (Å²) in [6.45, 7) is 2.88. The molecule has 0 aliphatic carbocycles. The van der Waals surface area contributed by atoms with Crippen molar-refractivity contribution in [3.8, 4) is 0 Å². The predicted molar refractivity (Wildman–Crippen MR) is 105 cm³/mol. The zero-order valence-electron chi connectivity index (χ0n) is 15.7. The van der Waals surface area contributed by atoms with E-state index in [-0.39, 0.29) is 18.6 Å². The van der Waals surface area contributed by atoms with Crippen LogP contribution in [0.15, 0.2) is 54.6 Å². The van der Waals surface area contributed by atoms with E-state index in [0.717, 1.165) is 11.1 Å². The molecule has 2 N–H and O–H groups in total. The summed E-state index contributed by atoms with van der Waals surface area (Å²) in [4.78, 5) is 38.1. The molecule has 7 nitrogen and oxygen atoms in total. The van der Waals surface area contributed by atoms with Crippen LogP contribution in [0.25, 0.3) is 0 Å². The van der Waals surface area contributed by atoms with Gasteiger partial charge in [-0.15, -0.1) is 0 Å². The first-order chi connectivity index (χ1) is 13.5. The molecule has 2 aromatic carbocycles. The van der Waals surface area contributed by atoms with Crippen LogP contribution < -0.4 is 10.6 Å². The number of rotatable bonds is 4. The smallest absolute Gasteiger partial charge is 0.313 e. The lowest BCUT2D eigenvalue weighted by atomic mass is 10.1. The van der Waals surface area contributed by atoms with Gasteiger partial charge in [0.1, 0.15) is 6.10 Å². The van der Waals surface area contributed by atoms with Crippen LogP contribution in [0.2, 0.25) is 0 Å². The van der Waals surface area contributed by atoms with E-state index in [1.807, 2.05) is 49.4 Å². The average molecular weight is 381 g/mol. The molecule has 1 heterocycles. The maximum absolute atomic E-state index is 12.4. The highest BCUT2D eigenvalue weighted by atomic mass is 16.5. The summed E-state index contributed by atoms with van der Waals surface area (Å²) in [5, 5.41) is 4.94. The van der Waals surface area contributed by atoms with Crippen molar-refractivity contribution in [2.24, 2.45) is 0 Å². The number of para-hydroxylation sites is 1. The molecule has 3 amide bonds. The lowest BCUT2D eigenvalue weighted by Crippen LogP contribution is -2.48. The van der Waals surface area contributed by atoms with Gasteiger partial charge < -0.3 is 20.3 Å². The van der Waals surface area contributed by atoms with Gasteiger partial charge in [-0.3, -0.25) is 14.4 Å². The van der Waals surface area contributed by atoms with Crippen LogP contribution in [0.4, 0.5) is 5.69 Å². The Kier molecular flexibility index (Phi) is 6.39. The first-order valence-corrected chi connectivity index (χ1v) is 9.13. The summed E-state index contributed by atoms with van der Waals surface area (Å²) in [5.74, 6) is -1.89. The first-order valence-electron chi connectivity index (χ1n) is 9.13. The number of nitrogens with one attached hydrogen (secondary N) is 2. The number of benzene rings is 2. The van der Waals surface area contributed by atoms with Gasteiger partial charge in [-0.25, -0.2) is 0 Å². The Balaban J connectivity index is 1.50. The highest BCUT2D eigenvalue weighted by Gasteiger charge is 2.26. The Morgan fingerprint density at radius 2 is 1.75 bits per heavy atom. The van der Waals surface area contributed by atoms with E-state index >= 15 is 0 Å². The molecule has 0 bridgehead atoms. The third-order valence-electron chi connectivity index (χ3n) is 4.59. The molecule has 7 heteroatoms. The van der Waals surface area contributed by atoms with Crippen LogP contribution in [0.3, 0.4) is 0 Å². The van der Waals surface area contributed by atoms with Gasteiger partial charge in [-0.1, -0.05) is 48.5 Å². The minimum atomic E-state index is -0.843. The van der Waals surface area contributed by atoms with Gasteiger partial charge in [0.25, 0.3) is 0 Å². The fraction of sp³-hybridized carbons (Fsp3) is 0.286. The second kappa shape index (κ2) is 9.14. The number of morpholine rings is 1. The van der Waals surface area contributed by atoms with Crippen molar-refractivity contribution in [1.29, 1.82) is 0 Å². The minimum absolute atomic E-state index is 0.195. The van der Waals surface area contributed by atoms with E-state index in [1.165, 1.54) is 0 Å². The predicted octanol–water partition coefficient (Wildman–Crippen LogP) is 1.65. The van der Waals surface area contributed by atoms with Gasteiger partial charge >= 0.3 is 11.8 Å². The minimum Gasteiger partial charge on any atom is -0.370 e. The Morgan fingerprint density at radius 1 is 1.04 bits per heavy atom. The van der Waals surface area contributed by atoms with E-state index < -0.39 is 11.8 Å². The Labute approximate surface area is 163 Å². The topological polar surface area (TPSA) is 87.7 Å². The molecule has 0 spiro atoms. The largest absolute Gasteiger partial charge is 0.370 e. The number of aryl methyl sites for hydroxylation is 1. The molecule has 3 rings (SSSR count). The van der Waals surface area contributed by atoms with Crippen molar-refractivity contribution >= 4 is 23.4 Å². The Hall–Kier alpha value is -3.19. The third-order valence-corrected chi connectivity index (χ3v) is 4.59. The molecule has 1 aliphatic heterocycles. The molecule has 146 valence electrons. The van der Waals surface area contributed by atoms with Crippen molar-refractivity contribution in [1.82, 2.24) is 10.2 Å². The van der Waals surface area contributed by atoms with E-state index in [2.05, 4.69) is 10.6 Å². The van der Waals surface area contributed by atoms with Crippen LogP contribution >= 0.6 is 0 Å². The first kappa shape index (κ1) is 19.6. The van der Waals surface area contributed by atoms with Crippen molar-refractivity contribution in [2.45, 2.75) is 13.0 Å². The summed E-state index contributed by atoms with van der Waals surface area (Å²) in [6, 6.07) is 16.8. The number of anilines is 1. The lowest BCUT2D eigenvalue weighted by molar-refractivity contribution is -0.141. The Bertz CT molecular complexity index is 854. The molecule has 1 unspecified atom stereocenters. The number of carbonyl (C=O) groups is 3. The number of nitrogens with zero attached hydrogens (tertiary/aromatic N) is 1. The van der Waals surface area contributed by atoms with Gasteiger partial charge in [0.05, 0.1) is 19.7 Å². The van der Waals surface area contributed by atoms with Crippen molar-refractivity contribution < 1.29 is 19.1 Å². The van der Waals surface area contributed by atoms with E-state index in [0.29, 0.717) is 25.4 Å². The number of ether oxygens (including phenoxy) is 1. The molecule has 0 aromatic heterocycles. The molecule has 0 radical (unpaired) electrons.